The van der Waals surface area contributed by atoms with Gasteiger partial charge in [0.15, 0.2) is 5.82 Å². The van der Waals surface area contributed by atoms with Crippen LogP contribution in [0.5, 0.6) is 0 Å². The number of hydrogen-bond donors (Lipinski definition) is 1. The molecule has 19 heavy (non-hydrogen) atoms. The molecule has 0 atom stereocenters. The molecule has 0 aliphatic heterocycles. The summed E-state index contributed by atoms with van der Waals surface area (Å²) in [7, 11) is 0. The molecule has 0 amide bonds. The van der Waals surface area contributed by atoms with Gasteiger partial charge in [-0.3, -0.25) is 0 Å². The summed E-state index contributed by atoms with van der Waals surface area (Å²) in [4.78, 5) is 4.15. The molecule has 0 unspecified atom stereocenters. The summed E-state index contributed by atoms with van der Waals surface area (Å²) in [6.07, 6.45) is 2.14. The van der Waals surface area contributed by atoms with Crippen LogP contribution >= 0.6 is 0 Å². The Balaban J connectivity index is 1.46. The molecule has 5 heteroatoms. The summed E-state index contributed by atoms with van der Waals surface area (Å²) in [5.74, 6) is 1.64. The molecule has 3 rings (SSSR count). The van der Waals surface area contributed by atoms with E-state index in [-0.39, 0.29) is 5.82 Å². The van der Waals surface area contributed by atoms with Gasteiger partial charge in [-0.25, -0.2) is 4.39 Å². The van der Waals surface area contributed by atoms with Crippen LogP contribution in [0.15, 0.2) is 28.8 Å². The van der Waals surface area contributed by atoms with Gasteiger partial charge in [0.05, 0.1) is 6.54 Å². The van der Waals surface area contributed by atoms with Gasteiger partial charge in [0.1, 0.15) is 5.82 Å². The Morgan fingerprint density at radius 3 is 2.68 bits per heavy atom. The van der Waals surface area contributed by atoms with Crippen molar-refractivity contribution in [2.24, 2.45) is 0 Å². The minimum atomic E-state index is -0.176. The van der Waals surface area contributed by atoms with Gasteiger partial charge in [-0.2, -0.15) is 4.98 Å². The standard InChI is InChI=1S/C14H16FN3O/c1-9-17-14(19-18-9)8-16-13-6-11(7-13)10-2-4-12(15)5-3-10/h2-5,11,13,16H,6-8H2,1H3. The molecule has 1 aromatic carbocycles. The van der Waals surface area contributed by atoms with E-state index in [1.807, 2.05) is 12.1 Å². The number of nitrogens with one attached hydrogen (secondary N) is 1. The lowest BCUT2D eigenvalue weighted by atomic mass is 9.76. The molecule has 0 radical (unpaired) electrons. The molecular formula is C14H16FN3O. The number of aromatic nitrogens is 2. The van der Waals surface area contributed by atoms with Gasteiger partial charge >= 0.3 is 0 Å². The second kappa shape index (κ2) is 5.09. The largest absolute Gasteiger partial charge is 0.338 e. The number of hydrogen-bond acceptors (Lipinski definition) is 4. The Kier molecular flexibility index (Phi) is 3.29. The van der Waals surface area contributed by atoms with Crippen molar-refractivity contribution in [1.82, 2.24) is 15.5 Å². The van der Waals surface area contributed by atoms with Gasteiger partial charge in [-0.1, -0.05) is 17.3 Å². The molecule has 1 aliphatic rings. The van der Waals surface area contributed by atoms with Crippen LogP contribution in [0, 0.1) is 12.7 Å². The molecule has 1 aliphatic carbocycles. The van der Waals surface area contributed by atoms with Crippen LogP contribution in [-0.4, -0.2) is 16.2 Å². The molecule has 1 heterocycles. The maximum Gasteiger partial charge on any atom is 0.240 e. The maximum atomic E-state index is 12.8. The van der Waals surface area contributed by atoms with E-state index in [2.05, 4.69) is 15.5 Å². The molecule has 0 bridgehead atoms. The molecule has 4 nitrogen and oxygen atoms in total. The number of benzene rings is 1. The highest BCUT2D eigenvalue weighted by Gasteiger charge is 2.30. The van der Waals surface area contributed by atoms with E-state index in [0.29, 0.717) is 30.2 Å². The van der Waals surface area contributed by atoms with Crippen molar-refractivity contribution >= 4 is 0 Å². The van der Waals surface area contributed by atoms with Gasteiger partial charge in [-0.15, -0.1) is 0 Å². The van der Waals surface area contributed by atoms with E-state index in [0.717, 1.165) is 12.8 Å². The van der Waals surface area contributed by atoms with Crippen LogP contribution < -0.4 is 5.32 Å². The first-order chi connectivity index (χ1) is 9.20. The molecule has 1 aromatic heterocycles. The highest BCUT2D eigenvalue weighted by atomic mass is 19.1. The zero-order valence-corrected chi connectivity index (χ0v) is 10.8. The lowest BCUT2D eigenvalue weighted by Gasteiger charge is -2.36. The number of halogens is 1. The fourth-order valence-corrected chi connectivity index (χ4v) is 2.44. The second-order valence-corrected chi connectivity index (χ2v) is 5.03. The van der Waals surface area contributed by atoms with Gasteiger partial charge in [0.2, 0.25) is 5.89 Å². The smallest absolute Gasteiger partial charge is 0.240 e. The van der Waals surface area contributed by atoms with Crippen LogP contribution in [0.25, 0.3) is 0 Å². The van der Waals surface area contributed by atoms with Crippen molar-refractivity contribution in [2.75, 3.05) is 0 Å². The molecule has 1 N–H and O–H groups in total. The summed E-state index contributed by atoms with van der Waals surface area (Å²) in [6.45, 7) is 2.42. The molecular weight excluding hydrogens is 245 g/mol. The first-order valence-electron chi connectivity index (χ1n) is 6.49. The molecule has 100 valence electrons. The number of aryl methyl sites for hydroxylation is 1. The Bertz CT molecular complexity index is 546. The monoisotopic (exact) mass is 261 g/mol. The van der Waals surface area contributed by atoms with Crippen LogP contribution in [0.3, 0.4) is 0 Å². The summed E-state index contributed by atoms with van der Waals surface area (Å²) in [5.41, 5.74) is 1.22. The minimum absolute atomic E-state index is 0.176. The quantitative estimate of drug-likeness (QED) is 0.919. The van der Waals surface area contributed by atoms with Crippen molar-refractivity contribution in [2.45, 2.75) is 38.3 Å². The van der Waals surface area contributed by atoms with E-state index in [1.54, 1.807) is 6.92 Å². The Morgan fingerprint density at radius 1 is 1.32 bits per heavy atom. The highest BCUT2D eigenvalue weighted by molar-refractivity contribution is 5.23. The van der Waals surface area contributed by atoms with Crippen molar-refractivity contribution in [3.8, 4) is 0 Å². The van der Waals surface area contributed by atoms with Gasteiger partial charge in [0, 0.05) is 6.04 Å². The molecule has 0 spiro atoms. The Hall–Kier alpha value is -1.75. The third kappa shape index (κ3) is 2.81. The van der Waals surface area contributed by atoms with Crippen LogP contribution in [0.2, 0.25) is 0 Å². The minimum Gasteiger partial charge on any atom is -0.338 e. The zero-order valence-electron chi connectivity index (χ0n) is 10.8. The van der Waals surface area contributed by atoms with Crippen LogP contribution in [0.1, 0.15) is 36.0 Å². The number of rotatable bonds is 4. The van der Waals surface area contributed by atoms with E-state index >= 15 is 0 Å². The first-order valence-corrected chi connectivity index (χ1v) is 6.49. The van der Waals surface area contributed by atoms with E-state index in [9.17, 15) is 4.39 Å². The third-order valence-electron chi connectivity index (χ3n) is 3.59. The summed E-state index contributed by atoms with van der Waals surface area (Å²) >= 11 is 0. The highest BCUT2D eigenvalue weighted by Crippen LogP contribution is 2.36. The fraction of sp³-hybridized carbons (Fsp3) is 0.429. The first kappa shape index (κ1) is 12.3. The number of nitrogens with zero attached hydrogens (tertiary/aromatic N) is 2. The average molecular weight is 261 g/mol. The molecule has 1 fully saturated rings. The molecule has 0 saturated heterocycles. The lowest BCUT2D eigenvalue weighted by Crippen LogP contribution is -2.39. The third-order valence-corrected chi connectivity index (χ3v) is 3.59. The van der Waals surface area contributed by atoms with E-state index < -0.39 is 0 Å². The Morgan fingerprint density at radius 2 is 2.05 bits per heavy atom. The molecule has 1 saturated carbocycles. The van der Waals surface area contributed by atoms with Crippen molar-refractivity contribution in [3.63, 3.8) is 0 Å². The predicted molar refractivity (Wildman–Crippen MR) is 68.0 cm³/mol. The van der Waals surface area contributed by atoms with Crippen LogP contribution in [0.4, 0.5) is 4.39 Å². The van der Waals surface area contributed by atoms with E-state index in [4.69, 9.17) is 4.52 Å². The zero-order chi connectivity index (χ0) is 13.2. The van der Waals surface area contributed by atoms with Crippen LogP contribution in [-0.2, 0) is 6.54 Å². The molecule has 2 aromatic rings. The predicted octanol–water partition coefficient (Wildman–Crippen LogP) is 2.55. The van der Waals surface area contributed by atoms with Crippen molar-refractivity contribution < 1.29 is 8.91 Å². The van der Waals surface area contributed by atoms with Gasteiger partial charge in [-0.05, 0) is 43.4 Å². The maximum absolute atomic E-state index is 12.8. The topological polar surface area (TPSA) is 51.0 Å². The average Bonchev–Trinajstić information content (AvgIpc) is 2.75. The Labute approximate surface area is 111 Å². The van der Waals surface area contributed by atoms with E-state index in [1.165, 1.54) is 17.7 Å². The van der Waals surface area contributed by atoms with Crippen molar-refractivity contribution in [3.05, 3.63) is 47.4 Å². The second-order valence-electron chi connectivity index (χ2n) is 5.03. The SMILES string of the molecule is Cc1noc(CNC2CC(c3ccc(F)cc3)C2)n1. The van der Waals surface area contributed by atoms with Gasteiger partial charge < -0.3 is 9.84 Å². The summed E-state index contributed by atoms with van der Waals surface area (Å²) in [5, 5.41) is 7.14. The fourth-order valence-electron chi connectivity index (χ4n) is 2.44. The van der Waals surface area contributed by atoms with Gasteiger partial charge in [0.25, 0.3) is 0 Å². The van der Waals surface area contributed by atoms with Crippen molar-refractivity contribution in [1.29, 1.82) is 0 Å². The lowest BCUT2D eigenvalue weighted by molar-refractivity contribution is 0.271. The normalized spacial score (nSPS) is 22.2. The summed E-state index contributed by atoms with van der Waals surface area (Å²) < 4.78 is 17.9. The summed E-state index contributed by atoms with van der Waals surface area (Å²) in [6, 6.07) is 7.27.